The second kappa shape index (κ2) is 75.7. The van der Waals surface area contributed by atoms with Gasteiger partial charge in [-0.05, 0) is 0 Å². The highest BCUT2D eigenvalue weighted by Crippen LogP contribution is 2.56. The molecule has 147 heavy (non-hydrogen) atoms. The van der Waals surface area contributed by atoms with Crippen LogP contribution < -0.4 is 38.8 Å². The van der Waals surface area contributed by atoms with Crippen molar-refractivity contribution >= 4 is 146 Å². The third kappa shape index (κ3) is 85.1. The zero-order valence-corrected chi connectivity index (χ0v) is 91.1. The number of hydrogen-bond acceptors (Lipinski definition) is 58. The summed E-state index contributed by atoms with van der Waals surface area (Å²) in [6.45, 7) is -37.8. The predicted molar refractivity (Wildman–Crippen MR) is 463 cm³/mol. The molecule has 0 aromatic rings. The van der Waals surface area contributed by atoms with Gasteiger partial charge in [-0.2, -0.15) is 51.4 Å². The summed E-state index contributed by atoms with van der Waals surface area (Å²) < 4.78 is 450. The largest absolute Gasteiger partial charge is 0.473 e. The lowest BCUT2D eigenvalue weighted by Gasteiger charge is -2.21. The minimum absolute atomic E-state index is 0.510. The highest BCUT2D eigenvalue weighted by Gasteiger charge is 2.39. The summed E-state index contributed by atoms with van der Waals surface area (Å²) >= 11 is 3.55. The summed E-state index contributed by atoms with van der Waals surface area (Å²) in [6.07, 6.45) is 0. The van der Waals surface area contributed by atoms with Crippen LogP contribution in [0.25, 0.3) is 0 Å². The van der Waals surface area contributed by atoms with E-state index in [0.717, 1.165) is 38.8 Å². The molecule has 0 aliphatic heterocycles. The van der Waals surface area contributed by atoms with Crippen LogP contribution in [0.5, 0.6) is 0 Å². The summed E-state index contributed by atoms with van der Waals surface area (Å²) in [5.74, 6) is -10.6. The average Bonchev–Trinajstić information content (AvgIpc) is 0.897. The van der Waals surface area contributed by atoms with E-state index in [-0.39, 0.29) is 0 Å². The first-order valence-electron chi connectivity index (χ1n) is 39.4. The summed E-state index contributed by atoms with van der Waals surface area (Å²) in [5, 5.41) is 0. The number of thiol groups is 1. The van der Waals surface area contributed by atoms with Gasteiger partial charge in [0.2, 0.25) is 0 Å². The lowest BCUT2D eigenvalue weighted by atomic mass is 10.2. The van der Waals surface area contributed by atoms with E-state index in [1.807, 2.05) is 0 Å². The molecule has 0 amide bonds. The zero-order valence-electron chi connectivity index (χ0n) is 75.0. The first-order valence-corrected chi connectivity index (χ1v) is 65.5. The van der Waals surface area contributed by atoms with Gasteiger partial charge < -0.3 is 88.1 Å². The lowest BCUT2D eigenvalue weighted by molar-refractivity contribution is 0.0591. The van der Waals surface area contributed by atoms with Crippen molar-refractivity contribution in [3.8, 4) is 0 Å². The highest BCUT2D eigenvalue weighted by atomic mass is 32.1. The van der Waals surface area contributed by atoms with E-state index < -0.39 is 438 Å². The Labute approximate surface area is 832 Å². The van der Waals surface area contributed by atoms with Gasteiger partial charge in [-0.1, -0.05) is 0 Å². The smallest absolute Gasteiger partial charge is 0.303 e. The number of halogens is 7. The van der Waals surface area contributed by atoms with E-state index in [0.29, 0.717) is 0 Å². The third-order valence-electron chi connectivity index (χ3n) is 14.7. The fourth-order valence-electron chi connectivity index (χ4n) is 8.14. The molecule has 23 atom stereocenters. The van der Waals surface area contributed by atoms with Gasteiger partial charge in [0.1, 0.15) is 5.94 Å². The van der Waals surface area contributed by atoms with Crippen LogP contribution in [0.2, 0.25) is 0 Å². The Morgan fingerprint density at radius 3 is 0.313 bits per heavy atom. The van der Waals surface area contributed by atoms with Crippen LogP contribution in [0.4, 0.5) is 31.4 Å². The Bertz CT molecular complexity index is 4380. The van der Waals surface area contributed by atoms with Crippen LogP contribution in [-0.2, 0) is 227 Å². The highest BCUT2D eigenvalue weighted by molar-refractivity contribution is 7.80. The molecular weight excluding hydrogens is 2440 g/mol. The number of hydrogen-bond donors (Lipinski definition) is 26. The molecule has 0 radical (unpaired) electrons. The summed E-state index contributed by atoms with van der Waals surface area (Å²) in [5.41, 5.74) is 7.76. The number of phosphoric ester groups is 17. The van der Waals surface area contributed by atoms with Crippen LogP contribution in [0.1, 0.15) is 0 Å². The fraction of sp³-hybridized carbons (Fsp3) is 1.00. The zero-order chi connectivity index (χ0) is 112. The Morgan fingerprint density at radius 2 is 0.231 bits per heavy atom. The quantitative estimate of drug-likeness (QED) is 0.0104. The van der Waals surface area contributed by atoms with Gasteiger partial charge >= 0.3 is 133 Å². The van der Waals surface area contributed by atoms with Crippen molar-refractivity contribution in [1.29, 1.82) is 0 Å². The van der Waals surface area contributed by atoms with E-state index in [2.05, 4.69) is 162 Å². The van der Waals surface area contributed by atoms with Crippen molar-refractivity contribution < 1.29 is 346 Å². The molecule has 0 fully saturated rings. The van der Waals surface area contributed by atoms with Gasteiger partial charge in [-0.15, -0.1) is 31.4 Å². The molecular formula is C47H113F7N7O68P17S. The Morgan fingerprint density at radius 1 is 0.150 bits per heavy atom. The van der Waals surface area contributed by atoms with Gasteiger partial charge in [0.15, 0.2) is 0 Å². The molecule has 0 aliphatic carbocycles. The van der Waals surface area contributed by atoms with Crippen molar-refractivity contribution in [3.05, 3.63) is 0 Å². The molecule has 0 aromatic heterocycles. The number of phosphoric acid groups is 17. The van der Waals surface area contributed by atoms with Gasteiger partial charge in [0.05, 0.1) is 211 Å². The van der Waals surface area contributed by atoms with E-state index in [1.165, 1.54) is 0 Å². The topological polar surface area (TPSA) is 1040 Å². The van der Waals surface area contributed by atoms with Crippen molar-refractivity contribution in [1.82, 2.24) is 38.8 Å². The minimum atomic E-state index is -5.26. The maximum Gasteiger partial charge on any atom is 0.473 e. The maximum absolute atomic E-state index is 13.2. The summed E-state index contributed by atoms with van der Waals surface area (Å²) in [6, 6.07) is 0. The van der Waals surface area contributed by atoms with Gasteiger partial charge in [0, 0.05) is 87.2 Å². The second-order valence-corrected chi connectivity index (χ2v) is 51.6. The predicted octanol–water partition coefficient (Wildman–Crippen LogP) is 2.75. The molecule has 100 heteroatoms. The standard InChI is InChI=1S/C47H113F7N7O68P17S/c48-55-19-41(26-115-132(67,68)100-2-1-97-130(62,63)64)27-117-134(71,72)102-6-7-104-136(75,76)119-30-43(21-57-50)31-121-138(79,80)106-10-11-108-140(83,84)123-34-45(23-59-52)35-125-142(87,88)110-14-15-112-144(91,92)127-38-47(25-61-54)39-128-145(93,94)113-17-16-111-143(89,90)126-37-46(24-60-53)36-124-141(85,86)109-13-12-107-139(81,82)122-33-44(22-58-51)32-120-137(77,78)105-9-8-103-135(73,74)118-29-42(20-56-49)28-116-133(69,70)101-5-3-98-131(65,66)99-4-18-114-146(95,96)129-40-147/h41-47,55-61,147H,1-40H2,(H,65,66)(H,67,68)(H,69,70)(H,71,72)(H,73,74)(H,75,76)(H,77,78)(H,79,80)(H,81,82)(H,83,84)(H,85,86)(H,87,88)(H,89,90)(H,91,92)(H,93,94)(H,95,96)(H2,62,63,64). The molecule has 884 valence electrons. The minimum Gasteiger partial charge on any atom is -0.303 e. The van der Waals surface area contributed by atoms with E-state index in [1.54, 1.807) is 0 Å². The molecule has 25 N–H and O–H groups in total. The molecule has 0 saturated heterocycles. The number of rotatable bonds is 103. The lowest BCUT2D eigenvalue weighted by Crippen LogP contribution is -2.25. The molecule has 75 nitrogen and oxygen atoms in total. The molecule has 0 saturated carbocycles. The average molecular weight is 2560 g/mol. The van der Waals surface area contributed by atoms with Gasteiger partial charge in [-0.25, -0.2) is 77.6 Å². The Kier molecular flexibility index (Phi) is 76.4. The molecule has 0 spiro atoms. The van der Waals surface area contributed by atoms with Crippen molar-refractivity contribution in [2.75, 3.05) is 263 Å². The fourth-order valence-corrected chi connectivity index (χ4v) is 21.0. The molecule has 23 unspecified atom stereocenters. The SMILES string of the molecule is O=P(O)(O)OCCOP(=O)(O)OCC(CNF)COP(=O)(O)OCCOP(=O)(O)OCC(CNF)COP(=O)(O)OCCOP(=O)(O)OCC(CNF)COP(=O)(O)OCCOP(=O)(O)OCC(CNF)COP(=O)(O)OCCOP(=O)(O)OCC(CNF)COP(=O)(O)OCCOP(=O)(O)OCC(CNF)COP(=O)(O)OCCOP(=O)(O)OCC(CNF)COP(=O)(O)OCCOP(=O)(O)OCCOP(=O)(O)OCS. The first-order chi connectivity index (χ1) is 67.9. The molecule has 0 aromatic carbocycles. The summed E-state index contributed by atoms with van der Waals surface area (Å²) in [7, 11) is -87.1. The Balaban J connectivity index is 4.93. The summed E-state index contributed by atoms with van der Waals surface area (Å²) in [4.78, 5) is 176. The van der Waals surface area contributed by atoms with Gasteiger partial charge in [-0.3, -0.25) is 149 Å². The normalized spacial score (nSPS) is 20.6. The van der Waals surface area contributed by atoms with Crippen LogP contribution in [0.3, 0.4) is 0 Å². The van der Waals surface area contributed by atoms with Crippen LogP contribution in [0, 0.1) is 41.4 Å². The van der Waals surface area contributed by atoms with E-state index in [4.69, 9.17) is 9.79 Å². The maximum atomic E-state index is 13.2. The van der Waals surface area contributed by atoms with Gasteiger partial charge in [0.25, 0.3) is 0 Å². The van der Waals surface area contributed by atoms with Crippen LogP contribution in [0.15, 0.2) is 0 Å². The second-order valence-electron chi connectivity index (χ2n) is 26.8. The molecule has 0 bridgehead atoms. The molecule has 0 rings (SSSR count). The van der Waals surface area contributed by atoms with Crippen LogP contribution in [-0.4, -0.2) is 351 Å². The van der Waals surface area contributed by atoms with E-state index >= 15 is 0 Å². The van der Waals surface area contributed by atoms with Crippen LogP contribution >= 0.6 is 146 Å². The number of nitrogens with one attached hydrogen (secondary N) is 7. The monoisotopic (exact) mass is 2560 g/mol. The van der Waals surface area contributed by atoms with E-state index in [9.17, 15) is 187 Å². The van der Waals surface area contributed by atoms with Crippen molar-refractivity contribution in [2.24, 2.45) is 41.4 Å². The third-order valence-corrected chi connectivity index (χ3v) is 31.4. The van der Waals surface area contributed by atoms with Crippen molar-refractivity contribution in [3.63, 3.8) is 0 Å². The molecule has 0 heterocycles. The molecule has 0 aliphatic rings. The first kappa shape index (κ1) is 148. The van der Waals surface area contributed by atoms with Crippen molar-refractivity contribution in [2.45, 2.75) is 0 Å². The Hall–Kier alpha value is 1.45.